The number of carbonyl (C=O) groups is 1. The first-order chi connectivity index (χ1) is 12.1. The number of amides is 1. The largest absolute Gasteiger partial charge is 0.338 e. The average molecular weight is 351 g/mol. The van der Waals surface area contributed by atoms with E-state index in [1.165, 1.54) is 0 Å². The number of allylic oxidation sites excluding steroid dienone is 1. The monoisotopic (exact) mass is 351 g/mol. The van der Waals surface area contributed by atoms with Gasteiger partial charge in [0.2, 0.25) is 0 Å². The highest BCUT2D eigenvalue weighted by molar-refractivity contribution is 8.13. The second-order valence-corrected chi connectivity index (χ2v) is 6.68. The van der Waals surface area contributed by atoms with E-state index in [-0.39, 0.29) is 11.9 Å². The second kappa shape index (κ2) is 7.57. The molecule has 0 spiro atoms. The Morgan fingerprint density at radius 3 is 2.44 bits per heavy atom. The summed E-state index contributed by atoms with van der Waals surface area (Å²) in [5, 5.41) is 7.08. The van der Waals surface area contributed by atoms with Crippen molar-refractivity contribution in [3.05, 3.63) is 77.0 Å². The number of aliphatic imine (C=N–C) groups is 1. The molecule has 4 nitrogen and oxygen atoms in total. The summed E-state index contributed by atoms with van der Waals surface area (Å²) in [5.74, 6) is -0.128. The van der Waals surface area contributed by atoms with Gasteiger partial charge in [-0.25, -0.2) is 4.99 Å². The van der Waals surface area contributed by atoms with Gasteiger partial charge in [0.15, 0.2) is 5.17 Å². The minimum atomic E-state index is -0.311. The van der Waals surface area contributed by atoms with Gasteiger partial charge in [-0.2, -0.15) is 0 Å². The molecule has 1 aliphatic rings. The molecule has 2 N–H and O–H groups in total. The minimum Gasteiger partial charge on any atom is -0.338 e. The van der Waals surface area contributed by atoms with Crippen LogP contribution in [0, 0.1) is 6.92 Å². The van der Waals surface area contributed by atoms with Gasteiger partial charge in [0.05, 0.1) is 5.57 Å². The van der Waals surface area contributed by atoms with E-state index in [0.29, 0.717) is 5.57 Å². The Hall–Kier alpha value is -2.53. The van der Waals surface area contributed by atoms with Crippen LogP contribution in [0.5, 0.6) is 0 Å². The van der Waals surface area contributed by atoms with Gasteiger partial charge in [0.1, 0.15) is 6.04 Å². The third-order valence-corrected chi connectivity index (χ3v) is 4.76. The maximum atomic E-state index is 13.0. The van der Waals surface area contributed by atoms with Crippen molar-refractivity contribution in [2.24, 2.45) is 4.99 Å². The van der Waals surface area contributed by atoms with Gasteiger partial charge < -0.3 is 10.6 Å². The van der Waals surface area contributed by atoms with E-state index in [1.54, 1.807) is 11.8 Å². The highest BCUT2D eigenvalue weighted by Crippen LogP contribution is 2.32. The summed E-state index contributed by atoms with van der Waals surface area (Å²) in [6.45, 7) is 3.90. The summed E-state index contributed by atoms with van der Waals surface area (Å²) in [6, 6.07) is 17.4. The normalized spacial score (nSPS) is 16.9. The zero-order chi connectivity index (χ0) is 17.8. The first kappa shape index (κ1) is 17.3. The van der Waals surface area contributed by atoms with Crippen molar-refractivity contribution in [3.8, 4) is 0 Å². The lowest BCUT2D eigenvalue weighted by atomic mass is 9.96. The van der Waals surface area contributed by atoms with E-state index < -0.39 is 0 Å². The molecule has 1 heterocycles. The molecule has 0 unspecified atom stereocenters. The number of benzene rings is 2. The number of thioether (sulfide) groups is 1. The number of aryl methyl sites for hydroxylation is 1. The predicted octanol–water partition coefficient (Wildman–Crippen LogP) is 4.27. The van der Waals surface area contributed by atoms with E-state index in [1.807, 2.05) is 74.7 Å². The maximum absolute atomic E-state index is 13.0. The van der Waals surface area contributed by atoms with Crippen molar-refractivity contribution in [2.75, 3.05) is 11.6 Å². The van der Waals surface area contributed by atoms with Crippen LogP contribution in [0.3, 0.4) is 0 Å². The number of para-hydroxylation sites is 1. The Morgan fingerprint density at radius 1 is 1.08 bits per heavy atom. The number of anilines is 1. The fourth-order valence-corrected chi connectivity index (χ4v) is 3.29. The van der Waals surface area contributed by atoms with Gasteiger partial charge in [-0.1, -0.05) is 60.3 Å². The van der Waals surface area contributed by atoms with Gasteiger partial charge in [-0.3, -0.25) is 4.79 Å². The number of nitrogens with zero attached hydrogens (tertiary/aromatic N) is 1. The third kappa shape index (κ3) is 3.77. The van der Waals surface area contributed by atoms with Crippen molar-refractivity contribution < 1.29 is 4.79 Å². The SMILES string of the molecule is CSC1=N[C@H](c2ccccc2)C(C(=O)Nc2ccccc2C)=C(C)N1. The molecule has 0 aromatic heterocycles. The number of rotatable bonds is 3. The summed E-state index contributed by atoms with van der Waals surface area (Å²) in [7, 11) is 0. The summed E-state index contributed by atoms with van der Waals surface area (Å²) in [4.78, 5) is 17.8. The molecule has 5 heteroatoms. The molecule has 0 radical (unpaired) electrons. The van der Waals surface area contributed by atoms with Crippen LogP contribution in [0.15, 0.2) is 70.9 Å². The van der Waals surface area contributed by atoms with Crippen LogP contribution in [0.1, 0.15) is 24.1 Å². The molecule has 0 bridgehead atoms. The van der Waals surface area contributed by atoms with Crippen molar-refractivity contribution >= 4 is 28.5 Å². The quantitative estimate of drug-likeness (QED) is 0.868. The summed E-state index contributed by atoms with van der Waals surface area (Å²) in [6.07, 6.45) is 1.97. The lowest BCUT2D eigenvalue weighted by Crippen LogP contribution is -2.32. The van der Waals surface area contributed by atoms with Gasteiger partial charge in [0, 0.05) is 11.4 Å². The average Bonchev–Trinajstić information content (AvgIpc) is 2.63. The topological polar surface area (TPSA) is 53.5 Å². The molecule has 0 aliphatic carbocycles. The zero-order valence-corrected chi connectivity index (χ0v) is 15.4. The number of hydrogen-bond donors (Lipinski definition) is 2. The molecule has 1 amide bonds. The Kier molecular flexibility index (Phi) is 5.24. The molecule has 0 fully saturated rings. The smallest absolute Gasteiger partial charge is 0.255 e. The van der Waals surface area contributed by atoms with Crippen molar-refractivity contribution in [1.82, 2.24) is 5.32 Å². The van der Waals surface area contributed by atoms with E-state index >= 15 is 0 Å². The van der Waals surface area contributed by atoms with Crippen molar-refractivity contribution in [2.45, 2.75) is 19.9 Å². The van der Waals surface area contributed by atoms with E-state index in [4.69, 9.17) is 4.99 Å². The van der Waals surface area contributed by atoms with Crippen LogP contribution in [-0.2, 0) is 4.79 Å². The standard InChI is InChI=1S/C20H21N3OS/c1-13-9-7-8-12-16(13)22-19(24)17-14(2)21-20(25-3)23-18(17)15-10-5-4-6-11-15/h4-12,18H,1-3H3,(H,21,23)(H,22,24)/t18-/m1/s1. The third-order valence-electron chi connectivity index (χ3n) is 4.16. The first-order valence-electron chi connectivity index (χ1n) is 8.11. The molecule has 3 rings (SSSR count). The number of hydrogen-bond acceptors (Lipinski definition) is 4. The number of nitrogens with one attached hydrogen (secondary N) is 2. The molecule has 0 saturated carbocycles. The Balaban J connectivity index is 1.96. The fraction of sp³-hybridized carbons (Fsp3) is 0.200. The molecular weight excluding hydrogens is 330 g/mol. The van der Waals surface area contributed by atoms with Crippen molar-refractivity contribution in [3.63, 3.8) is 0 Å². The van der Waals surface area contributed by atoms with Crippen LogP contribution >= 0.6 is 11.8 Å². The Morgan fingerprint density at radius 2 is 1.76 bits per heavy atom. The van der Waals surface area contributed by atoms with Crippen LogP contribution < -0.4 is 10.6 Å². The van der Waals surface area contributed by atoms with E-state index in [0.717, 1.165) is 27.7 Å². The first-order valence-corrected chi connectivity index (χ1v) is 9.34. The molecular formula is C20H21N3OS. The van der Waals surface area contributed by atoms with Crippen LogP contribution in [0.4, 0.5) is 5.69 Å². The van der Waals surface area contributed by atoms with Crippen molar-refractivity contribution in [1.29, 1.82) is 0 Å². The molecule has 0 saturated heterocycles. The summed E-state index contributed by atoms with van der Waals surface area (Å²) >= 11 is 1.54. The number of amidine groups is 1. The highest BCUT2D eigenvalue weighted by Gasteiger charge is 2.29. The Labute approximate surface area is 152 Å². The lowest BCUT2D eigenvalue weighted by Gasteiger charge is -2.26. The molecule has 1 aliphatic heterocycles. The molecule has 2 aromatic rings. The zero-order valence-electron chi connectivity index (χ0n) is 14.5. The highest BCUT2D eigenvalue weighted by atomic mass is 32.2. The lowest BCUT2D eigenvalue weighted by molar-refractivity contribution is -0.113. The summed E-state index contributed by atoms with van der Waals surface area (Å²) in [5.41, 5.74) is 4.33. The van der Waals surface area contributed by atoms with E-state index in [9.17, 15) is 4.79 Å². The number of carbonyl (C=O) groups excluding carboxylic acids is 1. The fourth-order valence-electron chi connectivity index (χ4n) is 2.82. The molecule has 25 heavy (non-hydrogen) atoms. The van der Waals surface area contributed by atoms with E-state index in [2.05, 4.69) is 10.6 Å². The van der Waals surface area contributed by atoms with Gasteiger partial charge in [-0.05, 0) is 37.3 Å². The van der Waals surface area contributed by atoms with Crippen LogP contribution in [-0.4, -0.2) is 17.3 Å². The molecule has 2 aromatic carbocycles. The molecule has 1 atom stereocenters. The maximum Gasteiger partial charge on any atom is 0.255 e. The predicted molar refractivity (Wildman–Crippen MR) is 106 cm³/mol. The summed E-state index contributed by atoms with van der Waals surface area (Å²) < 4.78 is 0. The van der Waals surface area contributed by atoms with Crippen LogP contribution in [0.25, 0.3) is 0 Å². The van der Waals surface area contributed by atoms with Crippen LogP contribution in [0.2, 0.25) is 0 Å². The van der Waals surface area contributed by atoms with Gasteiger partial charge in [0.25, 0.3) is 5.91 Å². The second-order valence-electron chi connectivity index (χ2n) is 5.88. The van der Waals surface area contributed by atoms with Gasteiger partial charge in [-0.15, -0.1) is 0 Å². The molecule has 128 valence electrons. The van der Waals surface area contributed by atoms with Gasteiger partial charge >= 0.3 is 0 Å². The minimum absolute atomic E-state index is 0.128. The Bertz CT molecular complexity index is 843.